The van der Waals surface area contributed by atoms with Gasteiger partial charge in [0.2, 0.25) is 0 Å². The summed E-state index contributed by atoms with van der Waals surface area (Å²) in [6, 6.07) is 10.6. The molecule has 0 bridgehead atoms. The molecule has 1 aliphatic heterocycles. The van der Waals surface area contributed by atoms with E-state index >= 15 is 0 Å². The van der Waals surface area contributed by atoms with E-state index in [0.29, 0.717) is 26.2 Å². The highest BCUT2D eigenvalue weighted by Gasteiger charge is 2.31. The van der Waals surface area contributed by atoms with Gasteiger partial charge in [-0.1, -0.05) is 35.9 Å². The highest BCUT2D eigenvalue weighted by Crippen LogP contribution is 2.34. The van der Waals surface area contributed by atoms with Crippen LogP contribution in [0.4, 0.5) is 23.7 Å². The maximum Gasteiger partial charge on any atom is 0.416 e. The number of rotatable bonds is 3. The highest BCUT2D eigenvalue weighted by molar-refractivity contribution is 6.33. The molecule has 2 aromatic rings. The zero-order chi connectivity index (χ0) is 20.3. The molecule has 0 aromatic heterocycles. The number of piperazine rings is 1. The molecular weight excluding hydrogens is 391 g/mol. The van der Waals surface area contributed by atoms with E-state index in [1.807, 2.05) is 12.1 Å². The van der Waals surface area contributed by atoms with E-state index in [4.69, 9.17) is 11.6 Å². The summed E-state index contributed by atoms with van der Waals surface area (Å²) < 4.78 is 38.6. The largest absolute Gasteiger partial charge is 0.416 e. The van der Waals surface area contributed by atoms with Crippen LogP contribution in [-0.4, -0.2) is 42.0 Å². The number of benzene rings is 2. The van der Waals surface area contributed by atoms with Crippen molar-refractivity contribution in [2.45, 2.75) is 19.6 Å². The molecule has 3 rings (SSSR count). The lowest BCUT2D eigenvalue weighted by molar-refractivity contribution is -0.137. The molecule has 0 unspecified atom stereocenters. The third-order valence-corrected chi connectivity index (χ3v) is 5.18. The first kappa shape index (κ1) is 20.5. The summed E-state index contributed by atoms with van der Waals surface area (Å²) in [6.45, 7) is 5.25. The van der Waals surface area contributed by atoms with Crippen molar-refractivity contribution in [2.24, 2.45) is 0 Å². The molecule has 1 fully saturated rings. The van der Waals surface area contributed by atoms with Crippen LogP contribution in [0.2, 0.25) is 5.02 Å². The van der Waals surface area contributed by atoms with Crippen molar-refractivity contribution in [3.63, 3.8) is 0 Å². The second kappa shape index (κ2) is 8.41. The number of nitrogens with one attached hydrogen (secondary N) is 1. The lowest BCUT2D eigenvalue weighted by Crippen LogP contribution is -2.49. The Morgan fingerprint density at radius 3 is 2.43 bits per heavy atom. The minimum absolute atomic E-state index is 0.0381. The van der Waals surface area contributed by atoms with Gasteiger partial charge in [0, 0.05) is 32.7 Å². The van der Waals surface area contributed by atoms with Gasteiger partial charge < -0.3 is 10.2 Å². The van der Waals surface area contributed by atoms with Crippen molar-refractivity contribution in [1.29, 1.82) is 0 Å². The van der Waals surface area contributed by atoms with Crippen LogP contribution in [0.5, 0.6) is 0 Å². The SMILES string of the molecule is Cc1ccccc1CN1CCN(C(=O)Nc2cc(C(F)(F)F)ccc2Cl)CC1. The maximum atomic E-state index is 12.9. The smallest absolute Gasteiger partial charge is 0.322 e. The second-order valence-electron chi connectivity index (χ2n) is 6.81. The highest BCUT2D eigenvalue weighted by atomic mass is 35.5. The Morgan fingerprint density at radius 2 is 1.79 bits per heavy atom. The number of urea groups is 1. The number of anilines is 1. The molecular formula is C20H21ClF3N3O. The number of halogens is 4. The van der Waals surface area contributed by atoms with Crippen molar-refractivity contribution < 1.29 is 18.0 Å². The van der Waals surface area contributed by atoms with Gasteiger partial charge in [0.25, 0.3) is 0 Å². The van der Waals surface area contributed by atoms with E-state index in [9.17, 15) is 18.0 Å². The van der Waals surface area contributed by atoms with Gasteiger partial charge in [0.15, 0.2) is 0 Å². The first-order chi connectivity index (χ1) is 13.2. The van der Waals surface area contributed by atoms with Crippen LogP contribution in [0.3, 0.4) is 0 Å². The lowest BCUT2D eigenvalue weighted by atomic mass is 10.1. The molecule has 1 aliphatic rings. The molecule has 1 N–H and O–H groups in total. The predicted molar refractivity (Wildman–Crippen MR) is 104 cm³/mol. The number of nitrogens with zero attached hydrogens (tertiary/aromatic N) is 2. The number of hydrogen-bond acceptors (Lipinski definition) is 2. The van der Waals surface area contributed by atoms with Gasteiger partial charge in [-0.15, -0.1) is 0 Å². The van der Waals surface area contributed by atoms with Crippen LogP contribution in [0.1, 0.15) is 16.7 Å². The monoisotopic (exact) mass is 411 g/mol. The number of aryl methyl sites for hydroxylation is 1. The molecule has 0 radical (unpaired) electrons. The molecule has 28 heavy (non-hydrogen) atoms. The molecule has 1 saturated heterocycles. The minimum atomic E-state index is -4.49. The second-order valence-corrected chi connectivity index (χ2v) is 7.22. The van der Waals surface area contributed by atoms with Gasteiger partial charge >= 0.3 is 12.2 Å². The predicted octanol–water partition coefficient (Wildman–Crippen LogP) is 5.02. The van der Waals surface area contributed by atoms with E-state index in [1.54, 1.807) is 4.90 Å². The number of amides is 2. The zero-order valence-electron chi connectivity index (χ0n) is 15.4. The van der Waals surface area contributed by atoms with Crippen LogP contribution in [0, 0.1) is 6.92 Å². The molecule has 0 aliphatic carbocycles. The topological polar surface area (TPSA) is 35.6 Å². The van der Waals surface area contributed by atoms with Gasteiger partial charge in [0.05, 0.1) is 16.3 Å². The lowest BCUT2D eigenvalue weighted by Gasteiger charge is -2.35. The first-order valence-electron chi connectivity index (χ1n) is 8.93. The van der Waals surface area contributed by atoms with Crippen LogP contribution >= 0.6 is 11.6 Å². The summed E-state index contributed by atoms with van der Waals surface area (Å²) in [5.74, 6) is 0. The zero-order valence-corrected chi connectivity index (χ0v) is 16.1. The van der Waals surface area contributed by atoms with Crippen molar-refractivity contribution >= 4 is 23.3 Å². The van der Waals surface area contributed by atoms with Crippen LogP contribution in [0.25, 0.3) is 0 Å². The summed E-state index contributed by atoms with van der Waals surface area (Å²) in [6.07, 6.45) is -4.49. The molecule has 1 heterocycles. The Hall–Kier alpha value is -2.25. The normalized spacial score (nSPS) is 15.5. The Labute approximate surface area is 166 Å². The average Bonchev–Trinajstić information content (AvgIpc) is 2.65. The fraction of sp³-hybridized carbons (Fsp3) is 0.350. The Morgan fingerprint density at radius 1 is 1.11 bits per heavy atom. The summed E-state index contributed by atoms with van der Waals surface area (Å²) in [5, 5.41) is 2.57. The number of hydrogen-bond donors (Lipinski definition) is 1. The first-order valence-corrected chi connectivity index (χ1v) is 9.31. The summed E-state index contributed by atoms with van der Waals surface area (Å²) >= 11 is 5.95. The quantitative estimate of drug-likeness (QED) is 0.770. The summed E-state index contributed by atoms with van der Waals surface area (Å²) in [4.78, 5) is 16.3. The fourth-order valence-electron chi connectivity index (χ4n) is 3.13. The maximum absolute atomic E-state index is 12.9. The summed E-state index contributed by atoms with van der Waals surface area (Å²) in [7, 11) is 0. The Kier molecular flexibility index (Phi) is 6.15. The van der Waals surface area contributed by atoms with Crippen molar-refractivity contribution in [2.75, 3.05) is 31.5 Å². The molecule has 2 aromatic carbocycles. The van der Waals surface area contributed by atoms with Crippen LogP contribution in [-0.2, 0) is 12.7 Å². The van der Waals surface area contributed by atoms with Gasteiger partial charge in [-0.2, -0.15) is 13.2 Å². The molecule has 150 valence electrons. The number of carbonyl (C=O) groups is 1. The van der Waals surface area contributed by atoms with E-state index < -0.39 is 17.8 Å². The van der Waals surface area contributed by atoms with Gasteiger partial charge in [-0.05, 0) is 36.2 Å². The van der Waals surface area contributed by atoms with Gasteiger partial charge in [-0.3, -0.25) is 4.90 Å². The minimum Gasteiger partial charge on any atom is -0.322 e. The summed E-state index contributed by atoms with van der Waals surface area (Å²) in [5.41, 5.74) is 1.58. The number of carbonyl (C=O) groups excluding carboxylic acids is 1. The van der Waals surface area contributed by atoms with E-state index in [0.717, 1.165) is 24.7 Å². The van der Waals surface area contributed by atoms with Crippen molar-refractivity contribution in [1.82, 2.24) is 9.80 Å². The molecule has 0 atom stereocenters. The molecule has 4 nitrogen and oxygen atoms in total. The standard InChI is InChI=1S/C20H21ClF3N3O/c1-14-4-2-3-5-15(14)13-26-8-10-27(11-9-26)19(28)25-18-12-16(20(22,23)24)6-7-17(18)21/h2-7,12H,8-11,13H2,1H3,(H,25,28). The number of alkyl halides is 3. The van der Waals surface area contributed by atoms with Crippen molar-refractivity contribution in [3.05, 3.63) is 64.2 Å². The molecule has 0 saturated carbocycles. The molecule has 8 heteroatoms. The van der Waals surface area contributed by atoms with Crippen LogP contribution in [0.15, 0.2) is 42.5 Å². The van der Waals surface area contributed by atoms with Crippen LogP contribution < -0.4 is 5.32 Å². The van der Waals surface area contributed by atoms with Gasteiger partial charge in [0.1, 0.15) is 0 Å². The third kappa shape index (κ3) is 4.97. The molecule has 0 spiro atoms. The fourth-order valence-corrected chi connectivity index (χ4v) is 3.29. The third-order valence-electron chi connectivity index (χ3n) is 4.85. The average molecular weight is 412 g/mol. The van der Waals surface area contributed by atoms with Gasteiger partial charge in [-0.25, -0.2) is 4.79 Å². The van der Waals surface area contributed by atoms with E-state index in [1.165, 1.54) is 11.1 Å². The Bertz CT molecular complexity index is 849. The van der Waals surface area contributed by atoms with Crippen molar-refractivity contribution in [3.8, 4) is 0 Å². The van der Waals surface area contributed by atoms with E-state index in [-0.39, 0.29) is 10.7 Å². The molecule has 2 amide bonds. The van der Waals surface area contributed by atoms with E-state index in [2.05, 4.69) is 29.3 Å². The Balaban J connectivity index is 1.58.